The molecule has 2 aliphatic rings. The minimum atomic E-state index is -0.916. The third kappa shape index (κ3) is 2.05. The lowest BCUT2D eigenvalue weighted by Crippen LogP contribution is -2.67. The van der Waals surface area contributed by atoms with Crippen molar-refractivity contribution in [1.82, 2.24) is 4.90 Å². The van der Waals surface area contributed by atoms with Crippen molar-refractivity contribution in [3.63, 3.8) is 0 Å². The fraction of sp³-hybridized carbons (Fsp3) is 0.833. The summed E-state index contributed by atoms with van der Waals surface area (Å²) in [5, 5.41) is 9.19. The quantitative estimate of drug-likeness (QED) is 0.761. The van der Waals surface area contributed by atoms with Crippen LogP contribution in [0, 0.1) is 5.92 Å². The molecule has 0 aromatic heterocycles. The second-order valence-electron chi connectivity index (χ2n) is 5.89. The summed E-state index contributed by atoms with van der Waals surface area (Å²) in [6.07, 6.45) is 0.203. The maximum atomic E-state index is 12.0. The van der Waals surface area contributed by atoms with Crippen LogP contribution in [0.1, 0.15) is 27.2 Å². The Morgan fingerprint density at radius 1 is 1.44 bits per heavy atom. The number of carbonyl (C=O) groups is 2. The van der Waals surface area contributed by atoms with E-state index < -0.39 is 29.1 Å². The summed E-state index contributed by atoms with van der Waals surface area (Å²) >= 11 is 0. The molecule has 0 aliphatic carbocycles. The van der Waals surface area contributed by atoms with Crippen LogP contribution in [0.3, 0.4) is 0 Å². The number of carboxylic acids is 1. The highest BCUT2D eigenvalue weighted by atomic mass is 16.6. The highest BCUT2D eigenvalue weighted by Crippen LogP contribution is 2.42. The smallest absolute Gasteiger partial charge is 0.410 e. The number of ether oxygens (including phenoxy) is 2. The van der Waals surface area contributed by atoms with E-state index in [1.54, 1.807) is 20.8 Å². The molecule has 2 heterocycles. The number of amides is 1. The molecule has 6 heteroatoms. The van der Waals surface area contributed by atoms with E-state index in [0.717, 1.165) is 0 Å². The van der Waals surface area contributed by atoms with Gasteiger partial charge in [0.2, 0.25) is 0 Å². The molecule has 6 nitrogen and oxygen atoms in total. The zero-order valence-corrected chi connectivity index (χ0v) is 10.9. The third-order valence-corrected chi connectivity index (χ3v) is 3.50. The van der Waals surface area contributed by atoms with Gasteiger partial charge in [-0.1, -0.05) is 0 Å². The summed E-state index contributed by atoms with van der Waals surface area (Å²) in [7, 11) is 0. The summed E-state index contributed by atoms with van der Waals surface area (Å²) in [4.78, 5) is 24.7. The van der Waals surface area contributed by atoms with Gasteiger partial charge in [-0.15, -0.1) is 0 Å². The lowest BCUT2D eigenvalue weighted by Gasteiger charge is -2.51. The van der Waals surface area contributed by atoms with Gasteiger partial charge in [0.1, 0.15) is 11.5 Å². The van der Waals surface area contributed by atoms with E-state index in [-0.39, 0.29) is 13.2 Å². The Kier molecular flexibility index (Phi) is 3.01. The Morgan fingerprint density at radius 3 is 2.56 bits per heavy atom. The average Bonchev–Trinajstić information content (AvgIpc) is 2.57. The van der Waals surface area contributed by atoms with Gasteiger partial charge in [-0.25, -0.2) is 4.79 Å². The number of nitrogens with zero attached hydrogens (tertiary/aromatic N) is 1. The predicted octanol–water partition coefficient (Wildman–Crippen LogP) is 1.10. The first-order chi connectivity index (χ1) is 8.26. The zero-order chi connectivity index (χ0) is 13.6. The highest BCUT2D eigenvalue weighted by molar-refractivity contribution is 5.77. The van der Waals surface area contributed by atoms with Crippen LogP contribution in [0.5, 0.6) is 0 Å². The van der Waals surface area contributed by atoms with Crippen molar-refractivity contribution in [1.29, 1.82) is 0 Å². The third-order valence-electron chi connectivity index (χ3n) is 3.50. The van der Waals surface area contributed by atoms with E-state index in [9.17, 15) is 14.7 Å². The maximum absolute atomic E-state index is 12.0. The normalized spacial score (nSPS) is 31.3. The molecular weight excluding hydrogens is 238 g/mol. The minimum absolute atomic E-state index is 0.161. The Labute approximate surface area is 106 Å². The summed E-state index contributed by atoms with van der Waals surface area (Å²) in [6.45, 7) is 6.34. The molecule has 0 aromatic carbocycles. The molecule has 0 bridgehead atoms. The molecule has 2 aliphatic heterocycles. The monoisotopic (exact) mass is 257 g/mol. The first-order valence-electron chi connectivity index (χ1n) is 6.07. The second kappa shape index (κ2) is 4.12. The number of rotatable bonds is 1. The first-order valence-corrected chi connectivity index (χ1v) is 6.07. The van der Waals surface area contributed by atoms with Crippen molar-refractivity contribution in [3.8, 4) is 0 Å². The van der Waals surface area contributed by atoms with Crippen LogP contribution in [-0.4, -0.2) is 53.0 Å². The standard InChI is InChI=1S/C12H19NO5/c1-11(2,3)18-10(16)13-5-4-12(13)7-17-6-8(12)9(14)15/h8H,4-7H2,1-3H3,(H,14,15). The predicted molar refractivity (Wildman–Crippen MR) is 62.2 cm³/mol. The summed E-state index contributed by atoms with van der Waals surface area (Å²) in [6, 6.07) is 0. The van der Waals surface area contributed by atoms with Crippen molar-refractivity contribution in [2.75, 3.05) is 19.8 Å². The Hall–Kier alpha value is -1.30. The van der Waals surface area contributed by atoms with Crippen molar-refractivity contribution in [2.24, 2.45) is 5.92 Å². The van der Waals surface area contributed by atoms with E-state index in [2.05, 4.69) is 0 Å². The summed E-state index contributed by atoms with van der Waals surface area (Å²) in [5.41, 5.74) is -1.28. The molecule has 18 heavy (non-hydrogen) atoms. The number of carbonyl (C=O) groups excluding carboxylic acids is 1. The molecule has 0 aromatic rings. The van der Waals surface area contributed by atoms with Crippen molar-refractivity contribution >= 4 is 12.1 Å². The number of aliphatic carboxylic acids is 1. The highest BCUT2D eigenvalue weighted by Gasteiger charge is 2.59. The molecule has 2 fully saturated rings. The van der Waals surface area contributed by atoms with Crippen LogP contribution in [0.25, 0.3) is 0 Å². The van der Waals surface area contributed by atoms with Gasteiger partial charge in [-0.3, -0.25) is 9.69 Å². The largest absolute Gasteiger partial charge is 0.481 e. The van der Waals surface area contributed by atoms with E-state index in [4.69, 9.17) is 9.47 Å². The molecule has 2 atom stereocenters. The van der Waals surface area contributed by atoms with Gasteiger partial charge in [0.15, 0.2) is 0 Å². The van der Waals surface area contributed by atoms with Crippen LogP contribution in [-0.2, 0) is 14.3 Å². The van der Waals surface area contributed by atoms with E-state index in [1.807, 2.05) is 0 Å². The van der Waals surface area contributed by atoms with Crippen molar-refractivity contribution in [2.45, 2.75) is 38.3 Å². The van der Waals surface area contributed by atoms with Gasteiger partial charge in [0.25, 0.3) is 0 Å². The summed E-state index contributed by atoms with van der Waals surface area (Å²) in [5.74, 6) is -1.57. The maximum Gasteiger partial charge on any atom is 0.410 e. The lowest BCUT2D eigenvalue weighted by molar-refractivity contribution is -0.149. The van der Waals surface area contributed by atoms with Crippen LogP contribution in [0.2, 0.25) is 0 Å². The van der Waals surface area contributed by atoms with Crippen molar-refractivity contribution in [3.05, 3.63) is 0 Å². The lowest BCUT2D eigenvalue weighted by atomic mass is 9.76. The molecule has 2 unspecified atom stereocenters. The molecule has 0 saturated carbocycles. The van der Waals surface area contributed by atoms with Gasteiger partial charge in [-0.05, 0) is 27.2 Å². The van der Waals surface area contributed by atoms with Crippen LogP contribution >= 0.6 is 0 Å². The van der Waals surface area contributed by atoms with Gasteiger partial charge < -0.3 is 14.6 Å². The number of hydrogen-bond donors (Lipinski definition) is 1. The van der Waals surface area contributed by atoms with Gasteiger partial charge >= 0.3 is 12.1 Å². The molecule has 2 saturated heterocycles. The van der Waals surface area contributed by atoms with E-state index in [1.165, 1.54) is 4.90 Å². The molecule has 1 spiro atoms. The molecular formula is C12H19NO5. The number of hydrogen-bond acceptors (Lipinski definition) is 4. The molecule has 1 N–H and O–H groups in total. The number of carboxylic acid groups (broad SMARTS) is 1. The molecule has 102 valence electrons. The molecule has 1 amide bonds. The van der Waals surface area contributed by atoms with Gasteiger partial charge in [0.05, 0.1) is 18.8 Å². The fourth-order valence-electron chi connectivity index (χ4n) is 2.52. The molecule has 0 radical (unpaired) electrons. The van der Waals surface area contributed by atoms with Gasteiger partial charge in [0, 0.05) is 6.54 Å². The Bertz CT molecular complexity index is 375. The Balaban J connectivity index is 2.11. The molecule has 2 rings (SSSR count). The second-order valence-corrected chi connectivity index (χ2v) is 5.89. The average molecular weight is 257 g/mol. The van der Waals surface area contributed by atoms with Crippen LogP contribution < -0.4 is 0 Å². The van der Waals surface area contributed by atoms with Crippen molar-refractivity contribution < 1.29 is 24.2 Å². The minimum Gasteiger partial charge on any atom is -0.481 e. The summed E-state index contributed by atoms with van der Waals surface area (Å²) < 4.78 is 10.6. The topological polar surface area (TPSA) is 76.1 Å². The fourth-order valence-corrected chi connectivity index (χ4v) is 2.52. The Morgan fingerprint density at radius 2 is 2.11 bits per heavy atom. The van der Waals surface area contributed by atoms with Gasteiger partial charge in [-0.2, -0.15) is 0 Å². The van der Waals surface area contributed by atoms with Crippen LogP contribution in [0.4, 0.5) is 4.79 Å². The van der Waals surface area contributed by atoms with E-state index in [0.29, 0.717) is 13.0 Å². The zero-order valence-electron chi connectivity index (χ0n) is 10.9. The number of likely N-dealkylation sites (tertiary alicyclic amines) is 1. The first kappa shape index (κ1) is 13.1. The SMILES string of the molecule is CC(C)(C)OC(=O)N1CCC12COCC2C(=O)O. The van der Waals surface area contributed by atoms with E-state index >= 15 is 0 Å². The van der Waals surface area contributed by atoms with Crippen LogP contribution in [0.15, 0.2) is 0 Å².